The first-order valence-corrected chi connectivity index (χ1v) is 8.45. The zero-order chi connectivity index (χ0) is 13.8. The number of amides is 1. The van der Waals surface area contributed by atoms with Crippen molar-refractivity contribution < 1.29 is 23.1 Å². The van der Waals surface area contributed by atoms with E-state index in [4.69, 9.17) is 5.11 Å². The molecule has 1 aliphatic rings. The van der Waals surface area contributed by atoms with E-state index in [1.807, 2.05) is 0 Å². The van der Waals surface area contributed by atoms with Gasteiger partial charge in [0.25, 0.3) is 0 Å². The predicted octanol–water partition coefficient (Wildman–Crippen LogP) is -0.160. The summed E-state index contributed by atoms with van der Waals surface area (Å²) in [5.41, 5.74) is 0. The van der Waals surface area contributed by atoms with E-state index < -0.39 is 15.8 Å². The molecule has 0 aromatic rings. The number of carboxylic acid groups (broad SMARTS) is 1. The largest absolute Gasteiger partial charge is 0.481 e. The smallest absolute Gasteiger partial charge is 0.305 e. The van der Waals surface area contributed by atoms with Gasteiger partial charge in [0, 0.05) is 18.8 Å². The molecular formula is C10H17NO5S2. The molecule has 1 unspecified atom stereocenters. The van der Waals surface area contributed by atoms with Crippen LogP contribution in [0.2, 0.25) is 0 Å². The fraction of sp³-hybridized carbons (Fsp3) is 0.800. The molecule has 1 heterocycles. The van der Waals surface area contributed by atoms with Gasteiger partial charge in [0.05, 0.1) is 23.7 Å². The average Bonchev–Trinajstić information content (AvgIpc) is 2.62. The lowest BCUT2D eigenvalue weighted by Gasteiger charge is -2.16. The molecule has 8 heteroatoms. The van der Waals surface area contributed by atoms with Crippen molar-refractivity contribution >= 4 is 33.5 Å². The van der Waals surface area contributed by atoms with Crippen molar-refractivity contribution in [1.29, 1.82) is 0 Å². The van der Waals surface area contributed by atoms with Crippen molar-refractivity contribution in [3.8, 4) is 0 Å². The number of nitrogens with zero attached hydrogens (tertiary/aromatic N) is 1. The van der Waals surface area contributed by atoms with E-state index in [0.29, 0.717) is 6.42 Å². The van der Waals surface area contributed by atoms with Crippen LogP contribution in [0.25, 0.3) is 0 Å². The summed E-state index contributed by atoms with van der Waals surface area (Å²) in [5, 5.41) is 8.49. The Kier molecular flexibility index (Phi) is 5.46. The molecule has 104 valence electrons. The molecule has 0 saturated carbocycles. The highest BCUT2D eigenvalue weighted by Gasteiger charge is 2.28. The fourth-order valence-electron chi connectivity index (χ4n) is 1.58. The second-order valence-electron chi connectivity index (χ2n) is 4.30. The van der Waals surface area contributed by atoms with E-state index in [1.54, 1.807) is 7.05 Å². The first-order valence-electron chi connectivity index (χ1n) is 5.58. The summed E-state index contributed by atoms with van der Waals surface area (Å²) >= 11 is 1.34. The fourth-order valence-corrected chi connectivity index (χ4v) is 5.16. The number of aliphatic carboxylic acids is 1. The Morgan fingerprint density at radius 3 is 2.61 bits per heavy atom. The van der Waals surface area contributed by atoms with E-state index >= 15 is 0 Å². The van der Waals surface area contributed by atoms with Crippen LogP contribution in [0.4, 0.5) is 0 Å². The van der Waals surface area contributed by atoms with Crippen LogP contribution in [0.15, 0.2) is 0 Å². The van der Waals surface area contributed by atoms with E-state index in [-0.39, 0.29) is 41.4 Å². The van der Waals surface area contributed by atoms with Gasteiger partial charge in [-0.3, -0.25) is 9.59 Å². The minimum atomic E-state index is -2.91. The minimum absolute atomic E-state index is 0.00757. The van der Waals surface area contributed by atoms with Crippen molar-refractivity contribution in [3.63, 3.8) is 0 Å². The predicted molar refractivity (Wildman–Crippen MR) is 69.4 cm³/mol. The Hall–Kier alpha value is -0.760. The molecule has 6 nitrogen and oxygen atoms in total. The molecule has 0 aliphatic carbocycles. The van der Waals surface area contributed by atoms with Gasteiger partial charge in [-0.15, -0.1) is 11.8 Å². The van der Waals surface area contributed by atoms with Gasteiger partial charge < -0.3 is 10.0 Å². The third-order valence-corrected chi connectivity index (χ3v) is 5.99. The molecule has 0 aromatic heterocycles. The second-order valence-corrected chi connectivity index (χ2v) is 7.81. The monoisotopic (exact) mass is 295 g/mol. The molecule has 1 N–H and O–H groups in total. The summed E-state index contributed by atoms with van der Waals surface area (Å²) in [6.45, 7) is 0.178. The van der Waals surface area contributed by atoms with Gasteiger partial charge in [-0.1, -0.05) is 0 Å². The van der Waals surface area contributed by atoms with Crippen LogP contribution < -0.4 is 0 Å². The third-order valence-electron chi connectivity index (χ3n) is 2.72. The molecule has 1 atom stereocenters. The molecular weight excluding hydrogens is 278 g/mol. The van der Waals surface area contributed by atoms with Crippen molar-refractivity contribution in [1.82, 2.24) is 4.90 Å². The van der Waals surface area contributed by atoms with Gasteiger partial charge >= 0.3 is 5.97 Å². The van der Waals surface area contributed by atoms with Crippen LogP contribution in [0.1, 0.15) is 12.8 Å². The summed E-state index contributed by atoms with van der Waals surface area (Å²) in [7, 11) is -1.36. The van der Waals surface area contributed by atoms with Crippen LogP contribution >= 0.6 is 11.8 Å². The maximum atomic E-state index is 11.6. The Labute approximate surface area is 111 Å². The Balaban J connectivity index is 2.27. The highest BCUT2D eigenvalue weighted by molar-refractivity contribution is 8.02. The molecule has 1 aliphatic heterocycles. The lowest BCUT2D eigenvalue weighted by Crippen LogP contribution is -2.31. The highest BCUT2D eigenvalue weighted by Crippen LogP contribution is 2.24. The number of carbonyl (C=O) groups excluding carboxylic acids is 1. The summed E-state index contributed by atoms with van der Waals surface area (Å²) < 4.78 is 22.4. The summed E-state index contributed by atoms with van der Waals surface area (Å²) in [6, 6.07) is 0. The quantitative estimate of drug-likeness (QED) is 0.732. The maximum Gasteiger partial charge on any atom is 0.305 e. The van der Waals surface area contributed by atoms with Crippen molar-refractivity contribution in [2.24, 2.45) is 0 Å². The summed E-state index contributed by atoms with van der Waals surface area (Å²) in [4.78, 5) is 23.4. The maximum absolute atomic E-state index is 11.6. The van der Waals surface area contributed by atoms with Gasteiger partial charge in [-0.25, -0.2) is 8.42 Å². The first-order chi connectivity index (χ1) is 8.30. The SMILES string of the molecule is CN(CCC(=O)O)C(=O)CSC1CCS(=O)(=O)C1. The Morgan fingerprint density at radius 1 is 1.44 bits per heavy atom. The van der Waals surface area contributed by atoms with E-state index in [2.05, 4.69) is 0 Å². The highest BCUT2D eigenvalue weighted by atomic mass is 32.2. The zero-order valence-corrected chi connectivity index (χ0v) is 11.8. The summed E-state index contributed by atoms with van der Waals surface area (Å²) in [6.07, 6.45) is 0.518. The lowest BCUT2D eigenvalue weighted by molar-refractivity contribution is -0.137. The Bertz CT molecular complexity index is 420. The van der Waals surface area contributed by atoms with Gasteiger partial charge in [0.1, 0.15) is 0 Å². The topological polar surface area (TPSA) is 91.8 Å². The molecule has 0 bridgehead atoms. The molecule has 0 radical (unpaired) electrons. The normalized spacial score (nSPS) is 21.7. The van der Waals surface area contributed by atoms with Crippen molar-refractivity contribution in [3.05, 3.63) is 0 Å². The zero-order valence-electron chi connectivity index (χ0n) is 10.2. The van der Waals surface area contributed by atoms with Crippen LogP contribution in [-0.4, -0.2) is 66.4 Å². The minimum Gasteiger partial charge on any atom is -0.481 e. The van der Waals surface area contributed by atoms with Gasteiger partial charge in [-0.2, -0.15) is 0 Å². The average molecular weight is 295 g/mol. The number of hydrogen-bond donors (Lipinski definition) is 1. The molecule has 1 rings (SSSR count). The van der Waals surface area contributed by atoms with E-state index in [1.165, 1.54) is 16.7 Å². The molecule has 1 saturated heterocycles. The van der Waals surface area contributed by atoms with Crippen molar-refractivity contribution in [2.45, 2.75) is 18.1 Å². The number of rotatable bonds is 6. The van der Waals surface area contributed by atoms with Crippen LogP contribution in [0.3, 0.4) is 0 Å². The molecule has 1 fully saturated rings. The van der Waals surface area contributed by atoms with Crippen LogP contribution in [0.5, 0.6) is 0 Å². The molecule has 0 spiro atoms. The lowest BCUT2D eigenvalue weighted by atomic mass is 10.4. The van der Waals surface area contributed by atoms with E-state index in [9.17, 15) is 18.0 Å². The molecule has 1 amide bonds. The first kappa shape index (κ1) is 15.3. The molecule has 0 aromatic carbocycles. The van der Waals surface area contributed by atoms with Crippen LogP contribution in [0, 0.1) is 0 Å². The van der Waals surface area contributed by atoms with Crippen molar-refractivity contribution in [2.75, 3.05) is 30.9 Å². The third kappa shape index (κ3) is 5.26. The number of carboxylic acids is 1. The van der Waals surface area contributed by atoms with Crippen LogP contribution in [-0.2, 0) is 19.4 Å². The number of carbonyl (C=O) groups is 2. The summed E-state index contributed by atoms with van der Waals surface area (Å²) in [5.74, 6) is -0.553. The van der Waals surface area contributed by atoms with Gasteiger partial charge in [0.15, 0.2) is 9.84 Å². The van der Waals surface area contributed by atoms with E-state index in [0.717, 1.165) is 0 Å². The number of thioether (sulfide) groups is 1. The second kappa shape index (κ2) is 6.42. The molecule has 18 heavy (non-hydrogen) atoms. The Morgan fingerprint density at radius 2 is 2.11 bits per heavy atom. The standard InChI is InChI=1S/C10H17NO5S2/c1-11(4-2-10(13)14)9(12)6-17-8-3-5-18(15,16)7-8/h8H,2-7H2,1H3,(H,13,14). The van der Waals surface area contributed by atoms with Gasteiger partial charge in [-0.05, 0) is 6.42 Å². The number of hydrogen-bond acceptors (Lipinski definition) is 5. The van der Waals surface area contributed by atoms with Gasteiger partial charge in [0.2, 0.25) is 5.91 Å². The number of sulfone groups is 1.